The summed E-state index contributed by atoms with van der Waals surface area (Å²) in [5.41, 5.74) is 2.73. The van der Waals surface area contributed by atoms with E-state index in [1.807, 2.05) is 0 Å². The molecule has 4 rings (SSSR count). The Bertz CT molecular complexity index is 1060. The number of rotatable bonds is 2. The molecule has 9 nitrogen and oxygen atoms in total. The van der Waals surface area contributed by atoms with E-state index in [0.717, 1.165) is 0 Å². The lowest BCUT2D eigenvalue weighted by atomic mass is 10.1. The van der Waals surface area contributed by atoms with Gasteiger partial charge in [0.1, 0.15) is 0 Å². The lowest BCUT2D eigenvalue weighted by Gasteiger charge is -2.23. The highest BCUT2D eigenvalue weighted by Crippen LogP contribution is 2.34. The maximum absolute atomic E-state index is 13.0. The van der Waals surface area contributed by atoms with Gasteiger partial charge in [0.2, 0.25) is 0 Å². The second kappa shape index (κ2) is 5.33. The molecule has 0 spiro atoms. The van der Waals surface area contributed by atoms with Gasteiger partial charge in [-0.1, -0.05) is 0 Å². The Hall–Kier alpha value is -3.36. The minimum Gasteiger partial charge on any atom is -0.467 e. The van der Waals surface area contributed by atoms with Crippen LogP contribution in [-0.4, -0.2) is 43.6 Å². The number of hydrogen-bond donors (Lipinski definition) is 2. The Morgan fingerprint density at radius 3 is 2.92 bits per heavy atom. The van der Waals surface area contributed by atoms with E-state index in [-0.39, 0.29) is 18.1 Å². The van der Waals surface area contributed by atoms with Gasteiger partial charge in [0.05, 0.1) is 36.6 Å². The third-order valence-corrected chi connectivity index (χ3v) is 4.52. The van der Waals surface area contributed by atoms with Gasteiger partial charge in [-0.15, -0.1) is 0 Å². The number of aryl methyl sites for hydroxylation is 1. The number of benzene rings is 1. The number of esters is 1. The number of fused-ring (bicyclic) bond motifs is 2. The van der Waals surface area contributed by atoms with Crippen LogP contribution in [0.25, 0.3) is 11.0 Å². The molecule has 0 bridgehead atoms. The number of carbonyl (C=O) groups is 2. The van der Waals surface area contributed by atoms with Crippen LogP contribution in [0.3, 0.4) is 0 Å². The van der Waals surface area contributed by atoms with E-state index in [4.69, 9.17) is 4.74 Å². The molecule has 3 aromatic rings. The van der Waals surface area contributed by atoms with Crippen LogP contribution in [0.5, 0.6) is 0 Å². The van der Waals surface area contributed by atoms with Gasteiger partial charge in [0.15, 0.2) is 6.04 Å². The highest BCUT2D eigenvalue weighted by molar-refractivity contribution is 6.00. The van der Waals surface area contributed by atoms with E-state index in [1.165, 1.54) is 22.8 Å². The number of carbonyl (C=O) groups excluding carboxylic acids is 2. The summed E-state index contributed by atoms with van der Waals surface area (Å²) in [6.45, 7) is 0.234. The highest BCUT2D eigenvalue weighted by Gasteiger charge is 2.41. The number of amides is 1. The summed E-state index contributed by atoms with van der Waals surface area (Å²) in [6, 6.07) is 4.10. The molecule has 9 heteroatoms. The van der Waals surface area contributed by atoms with Crippen molar-refractivity contribution >= 4 is 22.9 Å². The molecule has 0 aliphatic carbocycles. The Balaban J connectivity index is 1.75. The molecule has 1 aliphatic rings. The lowest BCUT2D eigenvalue weighted by molar-refractivity contribution is -0.145. The van der Waals surface area contributed by atoms with E-state index in [0.29, 0.717) is 27.9 Å². The molecule has 0 saturated heterocycles. The number of ether oxygens (including phenoxy) is 1. The summed E-state index contributed by atoms with van der Waals surface area (Å²) in [4.78, 5) is 41.0. The predicted molar refractivity (Wildman–Crippen MR) is 86.8 cm³/mol. The Morgan fingerprint density at radius 2 is 2.16 bits per heavy atom. The molecular weight excluding hydrogens is 326 g/mol. The van der Waals surface area contributed by atoms with Crippen LogP contribution in [-0.2, 0) is 23.1 Å². The van der Waals surface area contributed by atoms with E-state index >= 15 is 0 Å². The summed E-state index contributed by atoms with van der Waals surface area (Å²) >= 11 is 0. The third-order valence-electron chi connectivity index (χ3n) is 4.52. The fraction of sp³-hybridized carbons (Fsp3) is 0.250. The first kappa shape index (κ1) is 15.2. The zero-order valence-corrected chi connectivity index (χ0v) is 13.6. The number of nitrogens with zero attached hydrogens (tertiary/aromatic N) is 3. The minimum absolute atomic E-state index is 0.234. The Labute approximate surface area is 141 Å². The first-order chi connectivity index (χ1) is 12.0. The zero-order chi connectivity index (χ0) is 17.7. The number of methoxy groups -OCH3 is 1. The van der Waals surface area contributed by atoms with Gasteiger partial charge in [-0.25, -0.2) is 9.59 Å². The van der Waals surface area contributed by atoms with Crippen molar-refractivity contribution in [1.29, 1.82) is 0 Å². The van der Waals surface area contributed by atoms with Crippen molar-refractivity contribution < 1.29 is 14.3 Å². The number of imidazole rings is 1. The van der Waals surface area contributed by atoms with Gasteiger partial charge >= 0.3 is 11.7 Å². The van der Waals surface area contributed by atoms with Gasteiger partial charge in [-0.3, -0.25) is 14.5 Å². The van der Waals surface area contributed by atoms with Crippen molar-refractivity contribution in [3.63, 3.8) is 0 Å². The average molecular weight is 341 g/mol. The summed E-state index contributed by atoms with van der Waals surface area (Å²) in [7, 11) is 2.91. The molecule has 0 radical (unpaired) electrons. The fourth-order valence-corrected chi connectivity index (χ4v) is 3.19. The number of H-pyrrole nitrogens is 2. The smallest absolute Gasteiger partial charge is 0.333 e. The van der Waals surface area contributed by atoms with Crippen molar-refractivity contribution in [2.45, 2.75) is 12.6 Å². The molecule has 1 aliphatic heterocycles. The molecule has 1 aromatic carbocycles. The number of nitrogens with one attached hydrogen (secondary N) is 2. The van der Waals surface area contributed by atoms with Crippen molar-refractivity contribution in [2.24, 2.45) is 7.05 Å². The average Bonchev–Trinajstić information content (AvgIpc) is 3.27. The van der Waals surface area contributed by atoms with Gasteiger partial charge in [0.25, 0.3) is 5.91 Å². The quantitative estimate of drug-likeness (QED) is 0.658. The molecule has 128 valence electrons. The third kappa shape index (κ3) is 2.16. The van der Waals surface area contributed by atoms with Gasteiger partial charge < -0.3 is 14.6 Å². The maximum Gasteiger partial charge on any atom is 0.333 e. The van der Waals surface area contributed by atoms with Gasteiger partial charge in [-0.05, 0) is 18.2 Å². The number of hydrogen-bond acceptors (Lipinski definition) is 5. The van der Waals surface area contributed by atoms with Crippen LogP contribution in [0.4, 0.5) is 0 Å². The molecule has 0 saturated carbocycles. The normalized spacial score (nSPS) is 16.2. The predicted octanol–water partition coefficient (Wildman–Crippen LogP) is 0.460. The van der Waals surface area contributed by atoms with Crippen LogP contribution in [0.1, 0.15) is 27.7 Å². The van der Waals surface area contributed by atoms with Crippen LogP contribution in [0.2, 0.25) is 0 Å². The molecule has 2 N–H and O–H groups in total. The molecule has 0 fully saturated rings. The van der Waals surface area contributed by atoms with Crippen LogP contribution >= 0.6 is 0 Å². The van der Waals surface area contributed by atoms with E-state index in [9.17, 15) is 14.4 Å². The highest BCUT2D eigenvalue weighted by atomic mass is 16.5. The molecule has 1 unspecified atom stereocenters. The van der Waals surface area contributed by atoms with Crippen molar-refractivity contribution in [3.8, 4) is 0 Å². The molecule has 1 atom stereocenters. The van der Waals surface area contributed by atoms with Crippen molar-refractivity contribution in [1.82, 2.24) is 24.6 Å². The second-order valence-electron chi connectivity index (χ2n) is 5.88. The van der Waals surface area contributed by atoms with E-state index in [2.05, 4.69) is 15.2 Å². The van der Waals surface area contributed by atoms with Crippen LogP contribution in [0, 0.1) is 0 Å². The van der Waals surface area contributed by atoms with Crippen LogP contribution in [0.15, 0.2) is 29.2 Å². The monoisotopic (exact) mass is 341 g/mol. The van der Waals surface area contributed by atoms with Gasteiger partial charge in [0, 0.05) is 18.2 Å². The number of aromatic nitrogens is 4. The molecule has 25 heavy (non-hydrogen) atoms. The van der Waals surface area contributed by atoms with Crippen LogP contribution < -0.4 is 5.69 Å². The van der Waals surface area contributed by atoms with E-state index < -0.39 is 12.0 Å². The molecule has 3 heterocycles. The molecule has 2 aromatic heterocycles. The Morgan fingerprint density at radius 1 is 1.36 bits per heavy atom. The largest absolute Gasteiger partial charge is 0.467 e. The summed E-state index contributed by atoms with van der Waals surface area (Å²) in [6.07, 6.45) is 1.53. The first-order valence-electron chi connectivity index (χ1n) is 7.61. The summed E-state index contributed by atoms with van der Waals surface area (Å²) < 4.78 is 6.28. The second-order valence-corrected chi connectivity index (χ2v) is 5.88. The molecular formula is C16H15N5O4. The van der Waals surface area contributed by atoms with Crippen molar-refractivity contribution in [2.75, 3.05) is 7.11 Å². The summed E-state index contributed by atoms with van der Waals surface area (Å²) in [5.74, 6) is -0.848. The lowest BCUT2D eigenvalue weighted by Crippen LogP contribution is -2.34. The minimum atomic E-state index is -0.836. The SMILES string of the molecule is COC(=O)C1c2cn[nH]c2CN1C(=O)c1ccc2[nH]c(=O)n(C)c2c1. The Kier molecular flexibility index (Phi) is 3.24. The van der Waals surface area contributed by atoms with Crippen molar-refractivity contribution in [3.05, 3.63) is 51.7 Å². The fourth-order valence-electron chi connectivity index (χ4n) is 3.19. The maximum atomic E-state index is 13.0. The van der Waals surface area contributed by atoms with Gasteiger partial charge in [-0.2, -0.15) is 5.10 Å². The molecule has 1 amide bonds. The topological polar surface area (TPSA) is 113 Å². The summed E-state index contributed by atoms with van der Waals surface area (Å²) in [5, 5.41) is 6.72. The van der Waals surface area contributed by atoms with E-state index in [1.54, 1.807) is 25.2 Å². The zero-order valence-electron chi connectivity index (χ0n) is 13.6. The standard InChI is InChI=1S/C16H15N5O4/c1-20-12-5-8(3-4-10(12)18-16(20)24)14(22)21-7-11-9(6-17-19-11)13(21)15(23)25-2/h3-6,13H,7H2,1-2H3,(H,17,19)(H,18,24). The first-order valence-corrected chi connectivity index (χ1v) is 7.61. The number of aromatic amines is 2.